The lowest BCUT2D eigenvalue weighted by atomic mass is 10.1. The van der Waals surface area contributed by atoms with Crippen LogP contribution in [-0.4, -0.2) is 56.6 Å². The van der Waals surface area contributed by atoms with Crippen molar-refractivity contribution in [3.63, 3.8) is 0 Å². The van der Waals surface area contributed by atoms with Crippen LogP contribution in [0.15, 0.2) is 61.1 Å². The largest absolute Gasteiger partial charge is 0.378 e. The van der Waals surface area contributed by atoms with Gasteiger partial charge in [0.25, 0.3) is 0 Å². The van der Waals surface area contributed by atoms with Crippen molar-refractivity contribution in [1.82, 2.24) is 24.4 Å². The third-order valence-corrected chi connectivity index (χ3v) is 5.00. The molecular weight excluding hydrogens is 382 g/mol. The average molecular weight is 403 g/mol. The molecule has 1 aliphatic rings. The smallest absolute Gasteiger partial charge is 0.249 e. The number of hydrogen-bond acceptors (Lipinski definition) is 6. The minimum Gasteiger partial charge on any atom is -0.378 e. The Labute approximate surface area is 172 Å². The Morgan fingerprint density at radius 2 is 2.00 bits per heavy atom. The first kappa shape index (κ1) is 18.3. The normalized spacial score (nSPS) is 14.2. The lowest BCUT2D eigenvalue weighted by molar-refractivity contribution is -0.116. The Balaban J connectivity index is 1.35. The number of carbonyl (C=O) groups is 1. The summed E-state index contributed by atoms with van der Waals surface area (Å²) in [5.41, 5.74) is 3.97. The second-order valence-electron chi connectivity index (χ2n) is 7.06. The van der Waals surface area contributed by atoms with Gasteiger partial charge in [0.2, 0.25) is 11.9 Å². The van der Waals surface area contributed by atoms with Gasteiger partial charge in [-0.25, -0.2) is 4.52 Å². The van der Waals surface area contributed by atoms with Crippen molar-refractivity contribution >= 4 is 23.2 Å². The molecule has 9 nitrogen and oxygen atoms in total. The molecule has 1 aromatic carbocycles. The summed E-state index contributed by atoms with van der Waals surface area (Å²) in [7, 11) is 0. The van der Waals surface area contributed by atoms with Crippen molar-refractivity contribution in [2.75, 3.05) is 36.5 Å². The number of nitrogens with one attached hydrogen (secondary N) is 1. The van der Waals surface area contributed by atoms with Crippen molar-refractivity contribution < 1.29 is 9.53 Å². The molecule has 9 heteroatoms. The predicted molar refractivity (Wildman–Crippen MR) is 112 cm³/mol. The van der Waals surface area contributed by atoms with Crippen LogP contribution in [0.1, 0.15) is 0 Å². The summed E-state index contributed by atoms with van der Waals surface area (Å²) in [4.78, 5) is 18.9. The number of aromatic nitrogens is 5. The Kier molecular flexibility index (Phi) is 4.86. The maximum absolute atomic E-state index is 12.2. The summed E-state index contributed by atoms with van der Waals surface area (Å²) in [6, 6.07) is 14.1. The maximum Gasteiger partial charge on any atom is 0.249 e. The molecule has 4 heterocycles. The van der Waals surface area contributed by atoms with E-state index in [1.54, 1.807) is 27.7 Å². The lowest BCUT2D eigenvalue weighted by Gasteiger charge is -2.29. The molecule has 1 N–H and O–H groups in total. The van der Waals surface area contributed by atoms with Crippen LogP contribution in [0.5, 0.6) is 0 Å². The molecule has 1 aliphatic heterocycles. The van der Waals surface area contributed by atoms with Crippen LogP contribution in [0.3, 0.4) is 0 Å². The van der Waals surface area contributed by atoms with Crippen molar-refractivity contribution in [2.24, 2.45) is 0 Å². The van der Waals surface area contributed by atoms with Gasteiger partial charge in [-0.3, -0.25) is 14.8 Å². The minimum atomic E-state index is -0.229. The van der Waals surface area contributed by atoms with Gasteiger partial charge in [0.15, 0.2) is 5.65 Å². The quantitative estimate of drug-likeness (QED) is 0.549. The van der Waals surface area contributed by atoms with Gasteiger partial charge in [0.1, 0.15) is 6.54 Å². The molecule has 0 saturated carbocycles. The number of nitrogens with zero attached hydrogens (tertiary/aromatic N) is 6. The maximum atomic E-state index is 12.2. The van der Waals surface area contributed by atoms with E-state index in [1.165, 1.54) is 5.69 Å². The molecular formula is C21H21N7O2. The predicted octanol–water partition coefficient (Wildman–Crippen LogP) is 2.07. The Hall–Kier alpha value is -3.72. The summed E-state index contributed by atoms with van der Waals surface area (Å²) in [6.45, 7) is 3.41. The van der Waals surface area contributed by atoms with Crippen LogP contribution >= 0.6 is 0 Å². The van der Waals surface area contributed by atoms with E-state index in [0.717, 1.165) is 37.4 Å². The summed E-state index contributed by atoms with van der Waals surface area (Å²) < 4.78 is 8.68. The first-order valence-corrected chi connectivity index (χ1v) is 9.81. The number of rotatable bonds is 5. The topological polar surface area (TPSA) is 89.6 Å². The zero-order chi connectivity index (χ0) is 20.3. The Morgan fingerprint density at radius 3 is 2.83 bits per heavy atom. The lowest BCUT2D eigenvalue weighted by Crippen LogP contribution is -2.36. The molecule has 0 atom stereocenters. The number of pyridine rings is 1. The second-order valence-corrected chi connectivity index (χ2v) is 7.06. The van der Waals surface area contributed by atoms with Gasteiger partial charge < -0.3 is 9.64 Å². The van der Waals surface area contributed by atoms with E-state index in [1.807, 2.05) is 18.3 Å². The molecule has 30 heavy (non-hydrogen) atoms. The van der Waals surface area contributed by atoms with Crippen LogP contribution < -0.4 is 10.2 Å². The van der Waals surface area contributed by atoms with E-state index in [2.05, 4.69) is 49.7 Å². The Morgan fingerprint density at radius 1 is 1.10 bits per heavy atom. The molecule has 4 aromatic rings. The summed E-state index contributed by atoms with van der Waals surface area (Å²) in [5.74, 6) is 0.0411. The third kappa shape index (κ3) is 3.87. The van der Waals surface area contributed by atoms with Gasteiger partial charge in [-0.15, -0.1) is 5.10 Å². The first-order chi connectivity index (χ1) is 14.7. The number of benzene rings is 1. The van der Waals surface area contributed by atoms with Crippen LogP contribution in [0.4, 0.5) is 11.6 Å². The van der Waals surface area contributed by atoms with E-state index in [9.17, 15) is 4.79 Å². The van der Waals surface area contributed by atoms with Gasteiger partial charge in [-0.1, -0.05) is 12.1 Å². The fraction of sp³-hybridized carbons (Fsp3) is 0.238. The van der Waals surface area contributed by atoms with Crippen molar-refractivity contribution in [2.45, 2.75) is 6.54 Å². The van der Waals surface area contributed by atoms with Crippen molar-refractivity contribution in [3.05, 3.63) is 61.1 Å². The highest BCUT2D eigenvalue weighted by Crippen LogP contribution is 2.25. The molecule has 1 fully saturated rings. The second kappa shape index (κ2) is 7.96. The van der Waals surface area contributed by atoms with Gasteiger partial charge >= 0.3 is 0 Å². The van der Waals surface area contributed by atoms with Crippen molar-refractivity contribution in [1.29, 1.82) is 0 Å². The van der Waals surface area contributed by atoms with E-state index in [4.69, 9.17) is 4.74 Å². The molecule has 0 radical (unpaired) electrons. The van der Waals surface area contributed by atoms with Gasteiger partial charge in [0.05, 0.1) is 13.2 Å². The molecule has 0 unspecified atom stereocenters. The van der Waals surface area contributed by atoms with Crippen LogP contribution in [0.2, 0.25) is 0 Å². The van der Waals surface area contributed by atoms with Crippen LogP contribution in [0.25, 0.3) is 16.8 Å². The molecule has 0 spiro atoms. The van der Waals surface area contributed by atoms with Crippen molar-refractivity contribution in [3.8, 4) is 11.1 Å². The number of hydrogen-bond donors (Lipinski definition) is 1. The van der Waals surface area contributed by atoms with E-state index in [0.29, 0.717) is 5.65 Å². The number of amides is 1. The molecule has 5 rings (SSSR count). The highest BCUT2D eigenvalue weighted by atomic mass is 16.5. The zero-order valence-corrected chi connectivity index (χ0v) is 16.3. The van der Waals surface area contributed by atoms with E-state index in [-0.39, 0.29) is 18.4 Å². The zero-order valence-electron chi connectivity index (χ0n) is 16.3. The summed E-state index contributed by atoms with van der Waals surface area (Å²) >= 11 is 0. The van der Waals surface area contributed by atoms with E-state index < -0.39 is 0 Å². The van der Waals surface area contributed by atoms with E-state index >= 15 is 0 Å². The molecule has 0 bridgehead atoms. The number of fused-ring (bicyclic) bond motifs is 1. The van der Waals surface area contributed by atoms with Crippen LogP contribution in [0, 0.1) is 0 Å². The average Bonchev–Trinajstić information content (AvgIpc) is 3.43. The number of anilines is 2. The van der Waals surface area contributed by atoms with Gasteiger partial charge in [-0.05, 0) is 35.9 Å². The SMILES string of the molecule is O=C(Cn1cccn1)Nc1nc2ccc(-c3cccc(N4CCOCC4)c3)cn2n1. The molecule has 1 saturated heterocycles. The standard InChI is InChI=1S/C21H21N7O2/c29-20(15-27-8-2-7-22-27)24-21-23-19-6-5-17(14-28(19)25-21)16-3-1-4-18(13-16)26-9-11-30-12-10-26/h1-8,13-14H,9-12,15H2,(H,24,25,29). The molecule has 0 aliphatic carbocycles. The minimum absolute atomic E-state index is 0.113. The first-order valence-electron chi connectivity index (χ1n) is 9.81. The van der Waals surface area contributed by atoms with Crippen LogP contribution in [-0.2, 0) is 16.1 Å². The van der Waals surface area contributed by atoms with Gasteiger partial charge in [0, 0.05) is 42.9 Å². The third-order valence-electron chi connectivity index (χ3n) is 5.00. The molecule has 3 aromatic heterocycles. The fourth-order valence-electron chi connectivity index (χ4n) is 3.52. The fourth-order valence-corrected chi connectivity index (χ4v) is 3.52. The summed E-state index contributed by atoms with van der Waals surface area (Å²) in [6.07, 6.45) is 5.28. The number of carbonyl (C=O) groups excluding carboxylic acids is 1. The van der Waals surface area contributed by atoms with Gasteiger partial charge in [-0.2, -0.15) is 10.1 Å². The molecule has 152 valence electrons. The highest BCUT2D eigenvalue weighted by molar-refractivity contribution is 5.88. The monoisotopic (exact) mass is 403 g/mol. The molecule has 1 amide bonds. The number of ether oxygens (including phenoxy) is 1. The summed E-state index contributed by atoms with van der Waals surface area (Å²) in [5, 5.41) is 11.1. The number of morpholine rings is 1. The highest BCUT2D eigenvalue weighted by Gasteiger charge is 2.13. The Bertz CT molecular complexity index is 1160.